The number of hydrogen-bond donors (Lipinski definition) is 2. The molecule has 2 heteroatoms. The van der Waals surface area contributed by atoms with Crippen molar-refractivity contribution in [3.63, 3.8) is 0 Å². The lowest BCUT2D eigenvalue weighted by atomic mass is 9.46. The van der Waals surface area contributed by atoms with Crippen LogP contribution in [0.15, 0.2) is 0 Å². The fraction of sp³-hybridized carbons (Fsp3) is 1.00. The lowest BCUT2D eigenvalue weighted by Crippen LogP contribution is -2.58. The summed E-state index contributed by atoms with van der Waals surface area (Å²) in [6, 6.07) is 0. The van der Waals surface area contributed by atoms with Gasteiger partial charge in [-0.15, -0.1) is 0 Å². The minimum Gasteiger partial charge on any atom is -0.396 e. The molecule has 0 aromatic carbocycles. The molecule has 2 aliphatic carbocycles. The first kappa shape index (κ1) is 13.4. The summed E-state index contributed by atoms with van der Waals surface area (Å²) in [5.74, 6) is 0.675. The average Bonchev–Trinajstić information content (AvgIpc) is 2.14. The summed E-state index contributed by atoms with van der Waals surface area (Å²) in [5.41, 5.74) is -0.220. The van der Waals surface area contributed by atoms with Crippen molar-refractivity contribution in [1.82, 2.24) is 0 Å². The van der Waals surface area contributed by atoms with Crippen molar-refractivity contribution in [2.45, 2.75) is 65.4 Å². The highest BCUT2D eigenvalue weighted by Gasteiger charge is 2.57. The van der Waals surface area contributed by atoms with E-state index in [-0.39, 0.29) is 17.9 Å². The summed E-state index contributed by atoms with van der Waals surface area (Å²) < 4.78 is 0. The summed E-state index contributed by atoms with van der Waals surface area (Å²) in [6.45, 7) is 9.06. The zero-order chi connectivity index (χ0) is 12.9. The molecule has 0 radical (unpaired) electrons. The molecule has 2 saturated carbocycles. The van der Waals surface area contributed by atoms with Crippen LogP contribution in [0, 0.1) is 22.7 Å². The Morgan fingerprint density at radius 2 is 1.71 bits per heavy atom. The van der Waals surface area contributed by atoms with Gasteiger partial charge in [0.1, 0.15) is 0 Å². The second-order valence-electron chi connectivity index (χ2n) is 7.53. The highest BCUT2D eigenvalue weighted by molar-refractivity contribution is 5.07. The third-order valence-corrected chi connectivity index (χ3v) is 5.94. The van der Waals surface area contributed by atoms with Crippen LogP contribution in [0.4, 0.5) is 0 Å². The molecule has 2 aliphatic rings. The SMILES string of the molecule is CC1(C)CCC[C@@]2(C)C1CC[C@@](C)(O)C2CO. The Labute approximate surface area is 105 Å². The van der Waals surface area contributed by atoms with Gasteiger partial charge in [-0.05, 0) is 49.4 Å². The van der Waals surface area contributed by atoms with Gasteiger partial charge in [0.05, 0.1) is 5.60 Å². The number of aliphatic hydroxyl groups is 2. The van der Waals surface area contributed by atoms with E-state index in [0.29, 0.717) is 11.3 Å². The second-order valence-corrected chi connectivity index (χ2v) is 7.53. The molecule has 0 saturated heterocycles. The minimum atomic E-state index is -0.687. The van der Waals surface area contributed by atoms with Gasteiger partial charge < -0.3 is 10.2 Å². The molecule has 100 valence electrons. The summed E-state index contributed by atoms with van der Waals surface area (Å²) in [7, 11) is 0. The van der Waals surface area contributed by atoms with Crippen molar-refractivity contribution < 1.29 is 10.2 Å². The maximum atomic E-state index is 10.5. The molecule has 0 aromatic rings. The van der Waals surface area contributed by atoms with Gasteiger partial charge in [-0.2, -0.15) is 0 Å². The molecule has 2 rings (SSSR count). The third-order valence-electron chi connectivity index (χ3n) is 5.94. The largest absolute Gasteiger partial charge is 0.396 e. The van der Waals surface area contributed by atoms with Gasteiger partial charge in [-0.1, -0.05) is 27.2 Å². The Balaban J connectivity index is 2.37. The van der Waals surface area contributed by atoms with Crippen LogP contribution in [0.3, 0.4) is 0 Å². The Hall–Kier alpha value is -0.0800. The van der Waals surface area contributed by atoms with Crippen molar-refractivity contribution in [3.8, 4) is 0 Å². The van der Waals surface area contributed by atoms with Gasteiger partial charge in [0, 0.05) is 12.5 Å². The van der Waals surface area contributed by atoms with E-state index in [1.54, 1.807) is 0 Å². The lowest BCUT2D eigenvalue weighted by molar-refractivity contribution is -0.178. The van der Waals surface area contributed by atoms with Gasteiger partial charge in [0.2, 0.25) is 0 Å². The first-order valence-corrected chi connectivity index (χ1v) is 7.07. The van der Waals surface area contributed by atoms with E-state index in [0.717, 1.165) is 19.3 Å². The van der Waals surface area contributed by atoms with Crippen LogP contribution in [-0.4, -0.2) is 22.4 Å². The summed E-state index contributed by atoms with van der Waals surface area (Å²) in [5, 5.41) is 20.3. The second kappa shape index (κ2) is 3.96. The minimum absolute atomic E-state index is 0.0355. The van der Waals surface area contributed by atoms with Crippen molar-refractivity contribution >= 4 is 0 Å². The van der Waals surface area contributed by atoms with Crippen molar-refractivity contribution in [2.24, 2.45) is 22.7 Å². The van der Waals surface area contributed by atoms with E-state index in [2.05, 4.69) is 20.8 Å². The summed E-state index contributed by atoms with van der Waals surface area (Å²) in [4.78, 5) is 0. The van der Waals surface area contributed by atoms with Crippen molar-refractivity contribution in [1.29, 1.82) is 0 Å². The van der Waals surface area contributed by atoms with Crippen molar-refractivity contribution in [3.05, 3.63) is 0 Å². The maximum absolute atomic E-state index is 10.5. The van der Waals surface area contributed by atoms with Gasteiger partial charge in [0.15, 0.2) is 0 Å². The Kier molecular flexibility index (Phi) is 3.11. The third kappa shape index (κ3) is 1.94. The summed E-state index contributed by atoms with van der Waals surface area (Å²) in [6.07, 6.45) is 5.61. The quantitative estimate of drug-likeness (QED) is 0.740. The van der Waals surface area contributed by atoms with Crippen LogP contribution in [0.2, 0.25) is 0 Å². The first-order valence-electron chi connectivity index (χ1n) is 7.07. The molecule has 2 nitrogen and oxygen atoms in total. The maximum Gasteiger partial charge on any atom is 0.0675 e. The molecule has 0 heterocycles. The standard InChI is InChI=1S/C15H28O2/c1-13(2)7-5-8-14(3)11(13)6-9-15(4,17)12(14)10-16/h11-12,16-17H,5-10H2,1-4H3/t11?,12?,14-,15+/m0/s1. The number of rotatable bonds is 1. The predicted octanol–water partition coefficient (Wildman–Crippen LogP) is 2.97. The zero-order valence-corrected chi connectivity index (χ0v) is 11.8. The van der Waals surface area contributed by atoms with Gasteiger partial charge in [-0.25, -0.2) is 0 Å². The van der Waals surface area contributed by atoms with Crippen LogP contribution in [-0.2, 0) is 0 Å². The highest BCUT2D eigenvalue weighted by Crippen LogP contribution is 2.61. The van der Waals surface area contributed by atoms with Crippen LogP contribution in [0.1, 0.15) is 59.8 Å². The van der Waals surface area contributed by atoms with Crippen LogP contribution in [0.25, 0.3) is 0 Å². The van der Waals surface area contributed by atoms with Gasteiger partial charge >= 0.3 is 0 Å². The molecule has 0 spiro atoms. The fourth-order valence-electron chi connectivity index (χ4n) is 5.03. The lowest BCUT2D eigenvalue weighted by Gasteiger charge is -2.60. The number of aliphatic hydroxyl groups excluding tert-OH is 1. The molecule has 4 atom stereocenters. The monoisotopic (exact) mass is 240 g/mol. The normalized spacial score (nSPS) is 49.8. The molecule has 0 aromatic heterocycles. The van der Waals surface area contributed by atoms with Crippen LogP contribution < -0.4 is 0 Å². The molecule has 0 bridgehead atoms. The molecule has 2 unspecified atom stereocenters. The van der Waals surface area contributed by atoms with Crippen molar-refractivity contribution in [2.75, 3.05) is 6.61 Å². The Morgan fingerprint density at radius 3 is 2.29 bits per heavy atom. The molecule has 0 amide bonds. The summed E-state index contributed by atoms with van der Waals surface area (Å²) >= 11 is 0. The van der Waals surface area contributed by atoms with E-state index >= 15 is 0 Å². The molecular weight excluding hydrogens is 212 g/mol. The predicted molar refractivity (Wildman–Crippen MR) is 69.7 cm³/mol. The van der Waals surface area contributed by atoms with E-state index in [4.69, 9.17) is 0 Å². The topological polar surface area (TPSA) is 40.5 Å². The Morgan fingerprint density at radius 1 is 1.06 bits per heavy atom. The Bertz CT molecular complexity index is 283. The molecule has 2 N–H and O–H groups in total. The average molecular weight is 240 g/mol. The van der Waals surface area contributed by atoms with Gasteiger partial charge in [0.25, 0.3) is 0 Å². The number of fused-ring (bicyclic) bond motifs is 1. The van der Waals surface area contributed by atoms with Crippen LogP contribution in [0.5, 0.6) is 0 Å². The van der Waals surface area contributed by atoms with E-state index < -0.39 is 5.60 Å². The molecular formula is C15H28O2. The molecule has 17 heavy (non-hydrogen) atoms. The van der Waals surface area contributed by atoms with Gasteiger partial charge in [-0.3, -0.25) is 0 Å². The van der Waals surface area contributed by atoms with Crippen LogP contribution >= 0.6 is 0 Å². The highest BCUT2D eigenvalue weighted by atomic mass is 16.3. The first-order chi connectivity index (χ1) is 7.74. The molecule has 2 fully saturated rings. The smallest absolute Gasteiger partial charge is 0.0675 e. The van der Waals surface area contributed by atoms with E-state index in [9.17, 15) is 10.2 Å². The number of hydrogen-bond acceptors (Lipinski definition) is 2. The zero-order valence-electron chi connectivity index (χ0n) is 11.8. The van der Waals surface area contributed by atoms with E-state index in [1.807, 2.05) is 6.92 Å². The fourth-order valence-corrected chi connectivity index (χ4v) is 5.03. The molecule has 0 aliphatic heterocycles. The van der Waals surface area contributed by atoms with E-state index in [1.165, 1.54) is 12.8 Å².